The van der Waals surface area contributed by atoms with Gasteiger partial charge in [-0.25, -0.2) is 4.98 Å². The Kier molecular flexibility index (Phi) is 2.92. The van der Waals surface area contributed by atoms with E-state index >= 15 is 0 Å². The lowest BCUT2D eigenvalue weighted by Gasteiger charge is -2.03. The van der Waals surface area contributed by atoms with E-state index in [2.05, 4.69) is 26.2 Å². The van der Waals surface area contributed by atoms with Gasteiger partial charge in [-0.1, -0.05) is 0 Å². The van der Waals surface area contributed by atoms with Crippen molar-refractivity contribution >= 4 is 50.9 Å². The Balaban J connectivity index is 1.98. The second-order valence-corrected chi connectivity index (χ2v) is 5.83. The molecule has 1 amide bonds. The number of rotatable bonds is 2. The number of carbonyl (C=O) groups excluding carboxylic acids is 1. The number of aromatic nitrogens is 1. The molecule has 0 aliphatic heterocycles. The highest BCUT2D eigenvalue weighted by molar-refractivity contribution is 9.10. The van der Waals surface area contributed by atoms with E-state index in [-0.39, 0.29) is 11.8 Å². The number of carbonyl (C=O) groups is 1. The third-order valence-corrected chi connectivity index (χ3v) is 3.43. The first kappa shape index (κ1) is 11.2. The second-order valence-electron chi connectivity index (χ2n) is 3.37. The average molecular weight is 310 g/mol. The van der Waals surface area contributed by atoms with Gasteiger partial charge in [0.1, 0.15) is 10.2 Å². The van der Waals surface area contributed by atoms with Crippen LogP contribution >= 0.6 is 39.1 Å². The fourth-order valence-electron chi connectivity index (χ4n) is 1.16. The van der Waals surface area contributed by atoms with Gasteiger partial charge in [0.05, 0.1) is 5.92 Å². The summed E-state index contributed by atoms with van der Waals surface area (Å²) < 4.78 is -0.0321. The third-order valence-electron chi connectivity index (χ3n) is 2.12. The van der Waals surface area contributed by atoms with Crippen LogP contribution in [0.25, 0.3) is 0 Å². The van der Waals surface area contributed by atoms with Gasteiger partial charge in [0.15, 0.2) is 0 Å². The Labute approximate surface area is 105 Å². The number of alkyl halides is 2. The largest absolute Gasteiger partial charge is 0.310 e. The molecule has 0 saturated heterocycles. The summed E-state index contributed by atoms with van der Waals surface area (Å²) in [5, 5.41) is 2.65. The van der Waals surface area contributed by atoms with Crippen LogP contribution < -0.4 is 5.32 Å². The van der Waals surface area contributed by atoms with Crippen LogP contribution in [0.15, 0.2) is 22.8 Å². The zero-order chi connectivity index (χ0) is 11.1. The number of hydrogen-bond acceptors (Lipinski definition) is 2. The predicted molar refractivity (Wildman–Crippen MR) is 63.1 cm³/mol. The topological polar surface area (TPSA) is 42.0 Å². The molecule has 2 rings (SSSR count). The molecule has 3 nitrogen and oxygen atoms in total. The molecular formula is C9H7BrCl2N2O. The van der Waals surface area contributed by atoms with Crippen molar-refractivity contribution in [3.8, 4) is 0 Å². The van der Waals surface area contributed by atoms with Gasteiger partial charge < -0.3 is 5.32 Å². The van der Waals surface area contributed by atoms with Crippen LogP contribution in [0.5, 0.6) is 0 Å². The van der Waals surface area contributed by atoms with Gasteiger partial charge in [0.25, 0.3) is 0 Å². The summed E-state index contributed by atoms with van der Waals surface area (Å²) in [7, 11) is 0. The minimum absolute atomic E-state index is 0.185. The van der Waals surface area contributed by atoms with Crippen molar-refractivity contribution in [2.45, 2.75) is 10.8 Å². The lowest BCUT2D eigenvalue weighted by molar-refractivity contribution is -0.117. The van der Waals surface area contributed by atoms with Crippen LogP contribution in [0, 0.1) is 5.92 Å². The number of pyridine rings is 1. The maximum atomic E-state index is 11.5. The fourth-order valence-corrected chi connectivity index (χ4v) is 1.90. The van der Waals surface area contributed by atoms with E-state index in [0.29, 0.717) is 12.2 Å². The number of amides is 1. The highest BCUT2D eigenvalue weighted by Crippen LogP contribution is 2.53. The number of hydrogen-bond donors (Lipinski definition) is 1. The highest BCUT2D eigenvalue weighted by atomic mass is 79.9. The zero-order valence-corrected chi connectivity index (χ0v) is 10.6. The second kappa shape index (κ2) is 3.92. The lowest BCUT2D eigenvalue weighted by Crippen LogP contribution is -2.17. The molecule has 1 unspecified atom stereocenters. The van der Waals surface area contributed by atoms with Crippen molar-refractivity contribution in [3.05, 3.63) is 22.8 Å². The smallest absolute Gasteiger partial charge is 0.231 e. The van der Waals surface area contributed by atoms with E-state index in [0.717, 1.165) is 4.47 Å². The third kappa shape index (κ3) is 2.62. The fraction of sp³-hybridized carbons (Fsp3) is 0.333. The molecule has 6 heteroatoms. The molecule has 0 spiro atoms. The van der Waals surface area contributed by atoms with Gasteiger partial charge in [-0.3, -0.25) is 4.79 Å². The summed E-state index contributed by atoms with van der Waals surface area (Å²) in [6.07, 6.45) is 2.11. The van der Waals surface area contributed by atoms with Crippen LogP contribution in [0.3, 0.4) is 0 Å². The van der Waals surface area contributed by atoms with Gasteiger partial charge >= 0.3 is 0 Å². The van der Waals surface area contributed by atoms with Gasteiger partial charge in [0, 0.05) is 10.7 Å². The Hall–Kier alpha value is -0.320. The van der Waals surface area contributed by atoms with Gasteiger partial charge in [-0.15, -0.1) is 23.2 Å². The highest BCUT2D eigenvalue weighted by Gasteiger charge is 2.56. The Bertz CT molecular complexity index is 394. The van der Waals surface area contributed by atoms with Gasteiger partial charge in [0.2, 0.25) is 5.91 Å². The number of anilines is 1. The first-order chi connectivity index (χ1) is 6.99. The molecule has 15 heavy (non-hydrogen) atoms. The van der Waals surface area contributed by atoms with Crippen molar-refractivity contribution in [1.29, 1.82) is 0 Å². The summed E-state index contributed by atoms with van der Waals surface area (Å²) >= 11 is 14.8. The summed E-state index contributed by atoms with van der Waals surface area (Å²) in [6.45, 7) is 0. The Morgan fingerprint density at radius 2 is 2.27 bits per heavy atom. The standard InChI is InChI=1S/C9H7BrCl2N2O/c10-5-1-2-7(13-4-5)14-8(15)6-3-9(6,11)12/h1-2,4,6H,3H2,(H,13,14,15). The van der Waals surface area contributed by atoms with Crippen LogP contribution in [0.2, 0.25) is 0 Å². The zero-order valence-electron chi connectivity index (χ0n) is 7.51. The van der Waals surface area contributed by atoms with E-state index in [1.165, 1.54) is 0 Å². The molecule has 1 aliphatic rings. The van der Waals surface area contributed by atoms with Crippen molar-refractivity contribution in [2.24, 2.45) is 5.92 Å². The van der Waals surface area contributed by atoms with Gasteiger partial charge in [-0.2, -0.15) is 0 Å². The molecule has 0 bridgehead atoms. The summed E-state index contributed by atoms with van der Waals surface area (Å²) in [5.41, 5.74) is 0. The Morgan fingerprint density at radius 1 is 1.60 bits per heavy atom. The predicted octanol–water partition coefficient (Wildman–Crippen LogP) is 2.98. The number of nitrogens with one attached hydrogen (secondary N) is 1. The molecule has 80 valence electrons. The molecular weight excluding hydrogens is 303 g/mol. The number of halogens is 3. The van der Waals surface area contributed by atoms with Crippen molar-refractivity contribution in [1.82, 2.24) is 4.98 Å². The molecule has 1 aromatic rings. The summed E-state index contributed by atoms with van der Waals surface area (Å²) in [6, 6.07) is 3.50. The van der Waals surface area contributed by atoms with Crippen molar-refractivity contribution in [3.63, 3.8) is 0 Å². The van der Waals surface area contributed by atoms with Gasteiger partial charge in [-0.05, 0) is 34.5 Å². The molecule has 1 aliphatic carbocycles. The maximum Gasteiger partial charge on any atom is 0.231 e. The summed E-state index contributed by atoms with van der Waals surface area (Å²) in [5.74, 6) is -0.0136. The molecule has 1 aromatic heterocycles. The normalized spacial score (nSPS) is 22.2. The molecule has 1 N–H and O–H groups in total. The quantitative estimate of drug-likeness (QED) is 0.853. The molecule has 0 aromatic carbocycles. The van der Waals surface area contributed by atoms with Crippen molar-refractivity contribution < 1.29 is 4.79 Å². The van der Waals surface area contributed by atoms with Crippen LogP contribution in [0.1, 0.15) is 6.42 Å². The van der Waals surface area contributed by atoms with E-state index in [1.54, 1.807) is 18.3 Å². The average Bonchev–Trinajstić information content (AvgIpc) is 2.79. The molecule has 1 fully saturated rings. The first-order valence-corrected chi connectivity index (χ1v) is 5.84. The van der Waals surface area contributed by atoms with Crippen LogP contribution in [-0.4, -0.2) is 15.2 Å². The van der Waals surface area contributed by atoms with E-state index < -0.39 is 4.33 Å². The summed E-state index contributed by atoms with van der Waals surface area (Å²) in [4.78, 5) is 15.6. The number of nitrogens with zero attached hydrogens (tertiary/aromatic N) is 1. The van der Waals surface area contributed by atoms with Crippen molar-refractivity contribution in [2.75, 3.05) is 5.32 Å². The molecule has 1 heterocycles. The van der Waals surface area contributed by atoms with E-state index in [4.69, 9.17) is 23.2 Å². The van der Waals surface area contributed by atoms with Crippen LogP contribution in [-0.2, 0) is 4.79 Å². The SMILES string of the molecule is O=C(Nc1ccc(Br)cn1)C1CC1(Cl)Cl. The molecule has 1 atom stereocenters. The molecule has 0 radical (unpaired) electrons. The maximum absolute atomic E-state index is 11.5. The van der Waals surface area contributed by atoms with Crippen LogP contribution in [0.4, 0.5) is 5.82 Å². The Morgan fingerprint density at radius 3 is 2.73 bits per heavy atom. The first-order valence-electron chi connectivity index (χ1n) is 4.29. The minimum atomic E-state index is -0.889. The monoisotopic (exact) mass is 308 g/mol. The minimum Gasteiger partial charge on any atom is -0.310 e. The van der Waals surface area contributed by atoms with E-state index in [1.807, 2.05) is 0 Å². The molecule has 1 saturated carbocycles. The lowest BCUT2D eigenvalue weighted by atomic mass is 10.4. The van der Waals surface area contributed by atoms with E-state index in [9.17, 15) is 4.79 Å².